The number of methoxy groups -OCH3 is 1. The lowest BCUT2D eigenvalue weighted by Gasteiger charge is -2.04. The molecule has 1 aromatic rings. The maximum absolute atomic E-state index is 11.3. The Balaban J connectivity index is 2.56. The number of anilines is 1. The fourth-order valence-corrected chi connectivity index (χ4v) is 0.963. The van der Waals surface area contributed by atoms with Crippen molar-refractivity contribution in [2.24, 2.45) is 0 Å². The molecular weight excluding hydrogens is 224 g/mol. The summed E-state index contributed by atoms with van der Waals surface area (Å²) < 4.78 is 4.84. The third-order valence-electron chi connectivity index (χ3n) is 1.74. The second kappa shape index (κ2) is 6.07. The van der Waals surface area contributed by atoms with Gasteiger partial charge < -0.3 is 15.4 Å². The Morgan fingerprint density at radius 3 is 2.76 bits per heavy atom. The molecule has 0 aliphatic rings. The van der Waals surface area contributed by atoms with E-state index in [1.165, 1.54) is 13.3 Å². The zero-order valence-electron chi connectivity index (χ0n) is 9.06. The minimum absolute atomic E-state index is 0.215. The van der Waals surface area contributed by atoms with Gasteiger partial charge in [-0.25, -0.2) is 4.98 Å². The first-order valence-corrected chi connectivity index (χ1v) is 4.63. The standard InChI is InChI=1S/C10H10N4O3/c1-17-8-3-2-7(6-13-8)14-10(16)9(15)12-5-4-11/h2-3,6H,5H2,1H3,(H,12,15)(H,14,16). The summed E-state index contributed by atoms with van der Waals surface area (Å²) >= 11 is 0. The van der Waals surface area contributed by atoms with Crippen LogP contribution < -0.4 is 15.4 Å². The predicted molar refractivity (Wildman–Crippen MR) is 58.0 cm³/mol. The van der Waals surface area contributed by atoms with Crippen LogP contribution in [0.5, 0.6) is 5.88 Å². The Hall–Kier alpha value is -2.62. The van der Waals surface area contributed by atoms with Crippen LogP contribution in [0.25, 0.3) is 0 Å². The average Bonchev–Trinajstić information content (AvgIpc) is 2.36. The van der Waals surface area contributed by atoms with Crippen LogP contribution in [0.4, 0.5) is 5.69 Å². The number of nitrogens with zero attached hydrogens (tertiary/aromatic N) is 2. The van der Waals surface area contributed by atoms with Crippen LogP contribution in [0.3, 0.4) is 0 Å². The van der Waals surface area contributed by atoms with Crippen LogP contribution in [0.15, 0.2) is 18.3 Å². The molecule has 0 saturated heterocycles. The van der Waals surface area contributed by atoms with Crippen LogP contribution >= 0.6 is 0 Å². The first kappa shape index (κ1) is 12.4. The molecule has 0 aliphatic carbocycles. The number of hydrogen-bond acceptors (Lipinski definition) is 5. The third kappa shape index (κ3) is 3.79. The highest BCUT2D eigenvalue weighted by atomic mass is 16.5. The van der Waals surface area contributed by atoms with E-state index in [1.807, 2.05) is 0 Å². The molecular formula is C10H10N4O3. The largest absolute Gasteiger partial charge is 0.481 e. The molecule has 0 fully saturated rings. The molecule has 88 valence electrons. The second-order valence-corrected chi connectivity index (χ2v) is 2.88. The van der Waals surface area contributed by atoms with Gasteiger partial charge in [0.25, 0.3) is 0 Å². The van der Waals surface area contributed by atoms with Crippen LogP contribution in [0.2, 0.25) is 0 Å². The summed E-state index contributed by atoms with van der Waals surface area (Å²) in [5, 5.41) is 12.7. The van der Waals surface area contributed by atoms with E-state index in [4.69, 9.17) is 10.00 Å². The normalized spacial score (nSPS) is 8.94. The summed E-state index contributed by atoms with van der Waals surface area (Å²) in [4.78, 5) is 26.2. The highest BCUT2D eigenvalue weighted by Gasteiger charge is 2.12. The molecule has 2 amide bonds. The van der Waals surface area contributed by atoms with Gasteiger partial charge in [0, 0.05) is 6.07 Å². The Morgan fingerprint density at radius 1 is 1.47 bits per heavy atom. The summed E-state index contributed by atoms with van der Waals surface area (Å²) in [7, 11) is 1.47. The van der Waals surface area contributed by atoms with Crippen molar-refractivity contribution in [3.63, 3.8) is 0 Å². The predicted octanol–water partition coefficient (Wildman–Crippen LogP) is -0.332. The van der Waals surface area contributed by atoms with Crippen LogP contribution in [-0.2, 0) is 9.59 Å². The second-order valence-electron chi connectivity index (χ2n) is 2.88. The summed E-state index contributed by atoms with van der Waals surface area (Å²) in [6.45, 7) is -0.215. The number of rotatable bonds is 3. The Kier molecular flexibility index (Phi) is 4.45. The van der Waals surface area contributed by atoms with Gasteiger partial charge in [-0.3, -0.25) is 9.59 Å². The summed E-state index contributed by atoms with van der Waals surface area (Å²) in [5.74, 6) is -1.33. The molecule has 7 heteroatoms. The lowest BCUT2D eigenvalue weighted by molar-refractivity contribution is -0.136. The van der Waals surface area contributed by atoms with Crippen LogP contribution in [0, 0.1) is 11.3 Å². The Morgan fingerprint density at radius 2 is 2.24 bits per heavy atom. The molecule has 1 heterocycles. The van der Waals surface area contributed by atoms with E-state index in [0.29, 0.717) is 11.6 Å². The van der Waals surface area contributed by atoms with Crippen molar-refractivity contribution in [2.75, 3.05) is 19.0 Å². The zero-order chi connectivity index (χ0) is 12.7. The van der Waals surface area contributed by atoms with Gasteiger partial charge in [0.05, 0.1) is 25.1 Å². The summed E-state index contributed by atoms with van der Waals surface area (Å²) in [5.41, 5.74) is 0.364. The first-order valence-electron chi connectivity index (χ1n) is 4.63. The van der Waals surface area contributed by atoms with Crippen molar-refractivity contribution in [3.05, 3.63) is 18.3 Å². The van der Waals surface area contributed by atoms with Gasteiger partial charge in [0.1, 0.15) is 6.54 Å². The molecule has 2 N–H and O–H groups in total. The van der Waals surface area contributed by atoms with Crippen LogP contribution in [-0.4, -0.2) is 30.5 Å². The first-order chi connectivity index (χ1) is 8.17. The minimum Gasteiger partial charge on any atom is -0.481 e. The maximum Gasteiger partial charge on any atom is 0.313 e. The van der Waals surface area contributed by atoms with E-state index in [9.17, 15) is 9.59 Å². The minimum atomic E-state index is -0.873. The van der Waals surface area contributed by atoms with Crippen molar-refractivity contribution < 1.29 is 14.3 Å². The van der Waals surface area contributed by atoms with E-state index in [0.717, 1.165) is 0 Å². The number of carbonyl (C=O) groups excluding carboxylic acids is 2. The Bertz CT molecular complexity index is 450. The topological polar surface area (TPSA) is 104 Å². The van der Waals surface area contributed by atoms with Gasteiger partial charge in [-0.05, 0) is 6.07 Å². The van der Waals surface area contributed by atoms with E-state index in [-0.39, 0.29) is 6.54 Å². The van der Waals surface area contributed by atoms with Gasteiger partial charge >= 0.3 is 11.8 Å². The highest BCUT2D eigenvalue weighted by Crippen LogP contribution is 2.10. The Labute approximate surface area is 97.4 Å². The monoisotopic (exact) mass is 234 g/mol. The number of pyridine rings is 1. The number of aromatic nitrogens is 1. The van der Waals surface area contributed by atoms with E-state index < -0.39 is 11.8 Å². The quantitative estimate of drug-likeness (QED) is 0.550. The van der Waals surface area contributed by atoms with Crippen LogP contribution in [0.1, 0.15) is 0 Å². The highest BCUT2D eigenvalue weighted by molar-refractivity contribution is 6.39. The maximum atomic E-state index is 11.3. The average molecular weight is 234 g/mol. The fraction of sp³-hybridized carbons (Fsp3) is 0.200. The molecule has 17 heavy (non-hydrogen) atoms. The smallest absolute Gasteiger partial charge is 0.313 e. The van der Waals surface area contributed by atoms with Gasteiger partial charge in [0.15, 0.2) is 0 Å². The van der Waals surface area contributed by atoms with Gasteiger partial charge in [-0.1, -0.05) is 0 Å². The molecule has 0 bridgehead atoms. The molecule has 7 nitrogen and oxygen atoms in total. The number of ether oxygens (including phenoxy) is 1. The molecule has 0 unspecified atom stereocenters. The SMILES string of the molecule is COc1ccc(NC(=O)C(=O)NCC#N)cn1. The fourth-order valence-electron chi connectivity index (χ4n) is 0.963. The van der Waals surface area contributed by atoms with Gasteiger partial charge in [0.2, 0.25) is 5.88 Å². The molecule has 0 radical (unpaired) electrons. The van der Waals surface area contributed by atoms with E-state index in [2.05, 4.69) is 15.6 Å². The number of amides is 2. The molecule has 0 saturated carbocycles. The molecule has 0 spiro atoms. The molecule has 1 rings (SSSR count). The lowest BCUT2D eigenvalue weighted by atomic mass is 10.4. The van der Waals surface area contributed by atoms with Crippen molar-refractivity contribution in [2.45, 2.75) is 0 Å². The van der Waals surface area contributed by atoms with Gasteiger partial charge in [-0.15, -0.1) is 0 Å². The van der Waals surface area contributed by atoms with Crippen molar-refractivity contribution in [3.8, 4) is 11.9 Å². The van der Waals surface area contributed by atoms with Crippen molar-refractivity contribution >= 4 is 17.5 Å². The molecule has 0 aromatic carbocycles. The number of hydrogen-bond donors (Lipinski definition) is 2. The molecule has 1 aromatic heterocycles. The van der Waals surface area contributed by atoms with Crippen molar-refractivity contribution in [1.29, 1.82) is 5.26 Å². The number of nitriles is 1. The number of nitrogens with one attached hydrogen (secondary N) is 2. The van der Waals surface area contributed by atoms with Crippen molar-refractivity contribution in [1.82, 2.24) is 10.3 Å². The van der Waals surface area contributed by atoms with Gasteiger partial charge in [-0.2, -0.15) is 5.26 Å². The third-order valence-corrected chi connectivity index (χ3v) is 1.74. The molecule has 0 atom stereocenters. The molecule has 0 aliphatic heterocycles. The zero-order valence-corrected chi connectivity index (χ0v) is 9.06. The van der Waals surface area contributed by atoms with E-state index in [1.54, 1.807) is 18.2 Å². The lowest BCUT2D eigenvalue weighted by Crippen LogP contribution is -2.35. The van der Waals surface area contributed by atoms with E-state index >= 15 is 0 Å². The summed E-state index contributed by atoms with van der Waals surface area (Å²) in [6, 6.07) is 4.78. The number of carbonyl (C=O) groups is 2. The summed E-state index contributed by atoms with van der Waals surface area (Å²) in [6.07, 6.45) is 1.36.